The molecule has 0 aliphatic rings. The number of carbonyl (C=O) groups excluding carboxylic acids is 1. The van der Waals surface area contributed by atoms with Crippen LogP contribution < -0.4 is 5.32 Å². The standard InChI is InChI=1S/C16H15ClN2O5S/c1-10(11-3-6-13(7-4-11)25(2,23)24)18-16(20)14-8-5-12(17)9-15(14)19(21)22/h3-10H,1-2H3,(H,18,20). The molecule has 9 heteroatoms. The van der Waals surface area contributed by atoms with Gasteiger partial charge in [-0.3, -0.25) is 14.9 Å². The fourth-order valence-corrected chi connectivity index (χ4v) is 3.01. The van der Waals surface area contributed by atoms with Crippen molar-refractivity contribution in [3.8, 4) is 0 Å². The van der Waals surface area contributed by atoms with Crippen molar-refractivity contribution in [2.75, 3.05) is 6.26 Å². The zero-order valence-corrected chi connectivity index (χ0v) is 15.0. The van der Waals surface area contributed by atoms with Crippen molar-refractivity contribution < 1.29 is 18.1 Å². The summed E-state index contributed by atoms with van der Waals surface area (Å²) in [6.45, 7) is 1.69. The maximum Gasteiger partial charge on any atom is 0.283 e. The number of sulfone groups is 1. The quantitative estimate of drug-likeness (QED) is 0.631. The summed E-state index contributed by atoms with van der Waals surface area (Å²) < 4.78 is 22.9. The highest BCUT2D eigenvalue weighted by molar-refractivity contribution is 7.90. The average molecular weight is 383 g/mol. The third-order valence-corrected chi connectivity index (χ3v) is 4.92. The second kappa shape index (κ2) is 7.20. The maximum atomic E-state index is 12.3. The van der Waals surface area contributed by atoms with Crippen LogP contribution in [0.2, 0.25) is 5.02 Å². The van der Waals surface area contributed by atoms with Gasteiger partial charge in [0.1, 0.15) is 5.56 Å². The van der Waals surface area contributed by atoms with Crippen LogP contribution in [0.15, 0.2) is 47.4 Å². The predicted octanol–water partition coefficient (Wildman–Crippen LogP) is 3.14. The van der Waals surface area contributed by atoms with Gasteiger partial charge >= 0.3 is 0 Å². The predicted molar refractivity (Wildman–Crippen MR) is 93.5 cm³/mol. The van der Waals surface area contributed by atoms with Crippen molar-refractivity contribution >= 4 is 33.0 Å². The molecule has 7 nitrogen and oxygen atoms in total. The molecule has 0 radical (unpaired) electrons. The molecule has 0 bridgehead atoms. The maximum absolute atomic E-state index is 12.3. The summed E-state index contributed by atoms with van der Waals surface area (Å²) in [7, 11) is -3.31. The van der Waals surface area contributed by atoms with Crippen molar-refractivity contribution in [3.63, 3.8) is 0 Å². The number of nitro benzene ring substituents is 1. The van der Waals surface area contributed by atoms with Crippen LogP contribution in [-0.2, 0) is 9.84 Å². The number of benzene rings is 2. The second-order valence-electron chi connectivity index (χ2n) is 5.45. The van der Waals surface area contributed by atoms with Gasteiger partial charge in [0.25, 0.3) is 11.6 Å². The SMILES string of the molecule is CC(NC(=O)c1ccc(Cl)cc1[N+](=O)[O-])c1ccc(S(C)(=O)=O)cc1. The molecule has 2 aromatic rings. The molecule has 25 heavy (non-hydrogen) atoms. The van der Waals surface area contributed by atoms with Crippen LogP contribution in [0.3, 0.4) is 0 Å². The van der Waals surface area contributed by atoms with Gasteiger partial charge in [0.05, 0.1) is 15.9 Å². The van der Waals surface area contributed by atoms with Gasteiger partial charge in [-0.1, -0.05) is 23.7 Å². The monoisotopic (exact) mass is 382 g/mol. The molecule has 0 aliphatic heterocycles. The van der Waals surface area contributed by atoms with E-state index in [1.54, 1.807) is 19.1 Å². The highest BCUT2D eigenvalue weighted by Gasteiger charge is 2.22. The van der Waals surface area contributed by atoms with Crippen molar-refractivity contribution in [2.45, 2.75) is 17.9 Å². The third kappa shape index (κ3) is 4.55. The Morgan fingerprint density at radius 3 is 2.32 bits per heavy atom. The van der Waals surface area contributed by atoms with Crippen molar-refractivity contribution in [3.05, 3.63) is 68.7 Å². The number of carbonyl (C=O) groups is 1. The molecule has 0 heterocycles. The lowest BCUT2D eigenvalue weighted by Gasteiger charge is -2.15. The van der Waals surface area contributed by atoms with E-state index in [0.717, 1.165) is 12.3 Å². The van der Waals surface area contributed by atoms with E-state index in [9.17, 15) is 23.3 Å². The molecule has 0 spiro atoms. The summed E-state index contributed by atoms with van der Waals surface area (Å²) in [6, 6.07) is 9.37. The third-order valence-electron chi connectivity index (χ3n) is 3.56. The molecule has 1 unspecified atom stereocenters. The molecule has 0 aromatic heterocycles. The molecular weight excluding hydrogens is 368 g/mol. The minimum Gasteiger partial charge on any atom is -0.345 e. The number of hydrogen-bond acceptors (Lipinski definition) is 5. The minimum absolute atomic E-state index is 0.103. The van der Waals surface area contributed by atoms with Gasteiger partial charge in [-0.15, -0.1) is 0 Å². The molecule has 0 aliphatic carbocycles. The lowest BCUT2D eigenvalue weighted by Crippen LogP contribution is -2.27. The van der Waals surface area contributed by atoms with Gasteiger partial charge in [-0.2, -0.15) is 0 Å². The first-order chi connectivity index (χ1) is 11.6. The van der Waals surface area contributed by atoms with E-state index in [0.29, 0.717) is 5.56 Å². The zero-order valence-electron chi connectivity index (χ0n) is 13.4. The Balaban J connectivity index is 2.22. The van der Waals surface area contributed by atoms with Crippen molar-refractivity contribution in [2.24, 2.45) is 0 Å². The van der Waals surface area contributed by atoms with Gasteiger partial charge in [0.2, 0.25) is 0 Å². The molecular formula is C16H15ClN2O5S. The van der Waals surface area contributed by atoms with Crippen molar-refractivity contribution in [1.82, 2.24) is 5.32 Å². The Labute approximate surface area is 149 Å². The van der Waals surface area contributed by atoms with Crippen LogP contribution in [0.1, 0.15) is 28.9 Å². The number of nitro groups is 1. The summed E-state index contributed by atoms with van der Waals surface area (Å²) in [4.78, 5) is 22.9. The normalized spacial score (nSPS) is 12.4. The molecule has 2 aromatic carbocycles. The topological polar surface area (TPSA) is 106 Å². The molecule has 132 valence electrons. The van der Waals surface area contributed by atoms with Gasteiger partial charge in [-0.05, 0) is 36.8 Å². The summed E-state index contributed by atoms with van der Waals surface area (Å²) >= 11 is 5.73. The van der Waals surface area contributed by atoms with E-state index in [-0.39, 0.29) is 21.2 Å². The Morgan fingerprint density at radius 2 is 1.80 bits per heavy atom. The highest BCUT2D eigenvalue weighted by atomic mass is 35.5. The van der Waals surface area contributed by atoms with Crippen LogP contribution in [0.4, 0.5) is 5.69 Å². The number of hydrogen-bond donors (Lipinski definition) is 1. The average Bonchev–Trinajstić information content (AvgIpc) is 2.53. The number of nitrogens with one attached hydrogen (secondary N) is 1. The molecule has 0 fully saturated rings. The van der Waals surface area contributed by atoms with Gasteiger partial charge in [-0.25, -0.2) is 8.42 Å². The molecule has 1 atom stereocenters. The fourth-order valence-electron chi connectivity index (χ4n) is 2.21. The first-order valence-corrected chi connectivity index (χ1v) is 9.41. The van der Waals surface area contributed by atoms with Crippen molar-refractivity contribution in [1.29, 1.82) is 0 Å². The Morgan fingerprint density at radius 1 is 1.20 bits per heavy atom. The van der Waals surface area contributed by atoms with E-state index in [1.165, 1.54) is 24.3 Å². The first-order valence-electron chi connectivity index (χ1n) is 7.14. The van der Waals surface area contributed by atoms with E-state index in [4.69, 9.17) is 11.6 Å². The largest absolute Gasteiger partial charge is 0.345 e. The molecule has 0 saturated carbocycles. The fraction of sp³-hybridized carbons (Fsp3) is 0.188. The molecule has 2 rings (SSSR count). The van der Waals surface area contributed by atoms with Crippen LogP contribution in [0, 0.1) is 10.1 Å². The van der Waals surface area contributed by atoms with Gasteiger partial charge < -0.3 is 5.32 Å². The number of amides is 1. The summed E-state index contributed by atoms with van der Waals surface area (Å²) in [6.07, 6.45) is 1.10. The van der Waals surface area contributed by atoms with E-state index < -0.39 is 26.7 Å². The Bertz CT molecular complexity index is 926. The first kappa shape index (κ1) is 18.9. The van der Waals surface area contributed by atoms with Crippen LogP contribution in [0.25, 0.3) is 0 Å². The van der Waals surface area contributed by atoms with E-state index in [2.05, 4.69) is 5.32 Å². The number of halogens is 1. The van der Waals surface area contributed by atoms with Gasteiger partial charge in [0, 0.05) is 17.3 Å². The second-order valence-corrected chi connectivity index (χ2v) is 7.91. The van der Waals surface area contributed by atoms with Gasteiger partial charge in [0.15, 0.2) is 9.84 Å². The van der Waals surface area contributed by atoms with Crippen LogP contribution in [0.5, 0.6) is 0 Å². The molecule has 0 saturated heterocycles. The number of rotatable bonds is 5. The van der Waals surface area contributed by atoms with Crippen LogP contribution in [-0.4, -0.2) is 25.5 Å². The summed E-state index contributed by atoms with van der Waals surface area (Å²) in [5.74, 6) is -0.622. The Kier molecular flexibility index (Phi) is 5.44. The Hall–Kier alpha value is -2.45. The smallest absolute Gasteiger partial charge is 0.283 e. The number of nitrogens with zero attached hydrogens (tertiary/aromatic N) is 1. The lowest BCUT2D eigenvalue weighted by molar-refractivity contribution is -0.385. The van der Waals surface area contributed by atoms with E-state index in [1.807, 2.05) is 0 Å². The summed E-state index contributed by atoms with van der Waals surface area (Å²) in [5, 5.41) is 13.9. The molecule has 1 N–H and O–H groups in total. The minimum atomic E-state index is -3.31. The highest BCUT2D eigenvalue weighted by Crippen LogP contribution is 2.24. The summed E-state index contributed by atoms with van der Waals surface area (Å²) in [5.41, 5.74) is 0.177. The lowest BCUT2D eigenvalue weighted by atomic mass is 10.1. The zero-order chi connectivity index (χ0) is 18.8. The molecule has 1 amide bonds. The van der Waals surface area contributed by atoms with E-state index >= 15 is 0 Å². The van der Waals surface area contributed by atoms with Crippen LogP contribution >= 0.6 is 11.6 Å².